The van der Waals surface area contributed by atoms with Crippen molar-refractivity contribution in [1.29, 1.82) is 5.26 Å². The lowest BCUT2D eigenvalue weighted by molar-refractivity contribution is 0.126. The lowest BCUT2D eigenvalue weighted by atomic mass is 9.93. The molecule has 0 amide bonds. The molecule has 7 heteroatoms. The fraction of sp³-hybridized carbons (Fsp3) is 0.214. The highest BCUT2D eigenvalue weighted by molar-refractivity contribution is 5.96. The summed E-state index contributed by atoms with van der Waals surface area (Å²) in [4.78, 5) is 7.91. The molecule has 1 fully saturated rings. The van der Waals surface area contributed by atoms with E-state index in [1.165, 1.54) is 12.1 Å². The van der Waals surface area contributed by atoms with Gasteiger partial charge in [0.2, 0.25) is 0 Å². The summed E-state index contributed by atoms with van der Waals surface area (Å²) >= 11 is 0. The maximum absolute atomic E-state index is 13.7. The second-order valence-electron chi connectivity index (χ2n) is 9.16. The monoisotopic (exact) mass is 465 g/mol. The van der Waals surface area contributed by atoms with Crippen LogP contribution in [0.4, 0.5) is 10.1 Å². The van der Waals surface area contributed by atoms with Crippen molar-refractivity contribution in [2.75, 3.05) is 5.32 Å². The van der Waals surface area contributed by atoms with Crippen molar-refractivity contribution in [2.24, 2.45) is 0 Å². The van der Waals surface area contributed by atoms with Crippen molar-refractivity contribution in [3.63, 3.8) is 0 Å². The number of aromatic amines is 1. The molecule has 3 aromatic carbocycles. The molecule has 0 spiro atoms. The van der Waals surface area contributed by atoms with Gasteiger partial charge in [0, 0.05) is 28.9 Å². The van der Waals surface area contributed by atoms with Crippen molar-refractivity contribution in [1.82, 2.24) is 14.5 Å². The number of aromatic nitrogens is 3. The van der Waals surface area contributed by atoms with E-state index in [0.717, 1.165) is 59.0 Å². The zero-order valence-corrected chi connectivity index (χ0v) is 19.0. The largest absolute Gasteiger partial charge is 0.393 e. The van der Waals surface area contributed by atoms with E-state index < -0.39 is 0 Å². The number of imidazole rings is 1. The number of hydrogen-bond acceptors (Lipinski definition) is 4. The quantitative estimate of drug-likeness (QED) is 0.308. The summed E-state index contributed by atoms with van der Waals surface area (Å²) in [6.07, 6.45) is 5.11. The molecule has 1 aliphatic rings. The predicted octanol–water partition coefficient (Wildman–Crippen LogP) is 5.90. The zero-order chi connectivity index (χ0) is 23.9. The number of nitrogens with zero attached hydrogens (tertiary/aromatic N) is 3. The number of nitrogens with one attached hydrogen (secondary N) is 2. The number of H-pyrrole nitrogens is 1. The van der Waals surface area contributed by atoms with Gasteiger partial charge in [-0.3, -0.25) is 0 Å². The molecule has 0 radical (unpaired) electrons. The SMILES string of the molecule is N#Cc1ccc(-n2ccc3c(-c4nc5ccc(F)cc5[nH]4)cccc32)cc1NC1CCC(O)CC1. The van der Waals surface area contributed by atoms with E-state index in [4.69, 9.17) is 0 Å². The number of aliphatic hydroxyl groups excluding tert-OH is 1. The second-order valence-corrected chi connectivity index (χ2v) is 9.16. The van der Waals surface area contributed by atoms with Gasteiger partial charge >= 0.3 is 0 Å². The minimum atomic E-state index is -0.299. The Morgan fingerprint density at radius 3 is 2.74 bits per heavy atom. The molecule has 1 aliphatic carbocycles. The first kappa shape index (κ1) is 21.4. The molecular weight excluding hydrogens is 441 g/mol. The van der Waals surface area contributed by atoms with Gasteiger partial charge in [0.25, 0.3) is 0 Å². The summed E-state index contributed by atoms with van der Waals surface area (Å²) in [5.41, 5.74) is 5.68. The van der Waals surface area contributed by atoms with Gasteiger partial charge in [-0.1, -0.05) is 12.1 Å². The minimum absolute atomic E-state index is 0.221. The highest BCUT2D eigenvalue weighted by atomic mass is 19.1. The Balaban J connectivity index is 1.39. The fourth-order valence-corrected chi connectivity index (χ4v) is 5.05. The van der Waals surface area contributed by atoms with Crippen molar-refractivity contribution >= 4 is 27.6 Å². The van der Waals surface area contributed by atoms with E-state index in [0.29, 0.717) is 16.9 Å². The normalized spacial score (nSPS) is 18.1. The van der Waals surface area contributed by atoms with E-state index in [9.17, 15) is 14.8 Å². The first-order valence-corrected chi connectivity index (χ1v) is 11.8. The van der Waals surface area contributed by atoms with Gasteiger partial charge in [-0.25, -0.2) is 9.37 Å². The molecular formula is C28H24FN5O. The van der Waals surface area contributed by atoms with Crippen LogP contribution in [0.15, 0.2) is 66.9 Å². The van der Waals surface area contributed by atoms with E-state index in [2.05, 4.69) is 32.0 Å². The van der Waals surface area contributed by atoms with Crippen LogP contribution in [-0.2, 0) is 0 Å². The predicted molar refractivity (Wildman–Crippen MR) is 135 cm³/mol. The molecule has 0 atom stereocenters. The van der Waals surface area contributed by atoms with Crippen LogP contribution in [0.3, 0.4) is 0 Å². The molecule has 6 rings (SSSR count). The Kier molecular flexibility index (Phi) is 5.24. The fourth-order valence-electron chi connectivity index (χ4n) is 5.05. The Bertz CT molecular complexity index is 1590. The highest BCUT2D eigenvalue weighted by Gasteiger charge is 2.20. The third-order valence-electron chi connectivity index (χ3n) is 6.89. The minimum Gasteiger partial charge on any atom is -0.393 e. The molecule has 35 heavy (non-hydrogen) atoms. The number of aliphatic hydroxyl groups is 1. The van der Waals surface area contributed by atoms with E-state index >= 15 is 0 Å². The summed E-state index contributed by atoms with van der Waals surface area (Å²) in [5.74, 6) is 0.391. The average Bonchev–Trinajstić information content (AvgIpc) is 3.49. The number of fused-ring (bicyclic) bond motifs is 2. The maximum Gasteiger partial charge on any atom is 0.139 e. The van der Waals surface area contributed by atoms with Crippen LogP contribution in [-0.4, -0.2) is 31.8 Å². The molecule has 3 N–H and O–H groups in total. The Morgan fingerprint density at radius 1 is 1.06 bits per heavy atom. The number of benzene rings is 3. The smallest absolute Gasteiger partial charge is 0.139 e. The highest BCUT2D eigenvalue weighted by Crippen LogP contribution is 2.32. The van der Waals surface area contributed by atoms with Crippen LogP contribution in [0.1, 0.15) is 31.2 Å². The van der Waals surface area contributed by atoms with Crippen molar-refractivity contribution < 1.29 is 9.50 Å². The molecule has 0 saturated heterocycles. The van der Waals surface area contributed by atoms with E-state index in [1.807, 2.05) is 42.6 Å². The number of nitriles is 1. The number of halogens is 1. The zero-order valence-electron chi connectivity index (χ0n) is 19.0. The standard InChI is InChI=1S/C28H24FN5O/c29-18-5-11-24-26(14-18)33-28(32-24)23-2-1-3-27-22(23)12-13-34(27)20-8-4-17(16-30)25(15-20)31-19-6-9-21(35)10-7-19/h1-5,8,11-15,19,21,31,35H,6-7,9-10H2,(H,32,33). The number of hydrogen-bond donors (Lipinski definition) is 3. The number of rotatable bonds is 4. The van der Waals surface area contributed by atoms with Gasteiger partial charge in [0.05, 0.1) is 33.9 Å². The molecule has 5 aromatic rings. The lowest BCUT2D eigenvalue weighted by Crippen LogP contribution is -2.28. The first-order valence-electron chi connectivity index (χ1n) is 11.8. The van der Waals surface area contributed by atoms with Crippen molar-refractivity contribution in [3.05, 3.63) is 78.2 Å². The topological polar surface area (TPSA) is 89.7 Å². The van der Waals surface area contributed by atoms with Gasteiger partial charge in [-0.05, 0) is 74.2 Å². The van der Waals surface area contributed by atoms with Crippen LogP contribution >= 0.6 is 0 Å². The summed E-state index contributed by atoms with van der Waals surface area (Å²) in [5, 5.41) is 24.0. The molecule has 0 aliphatic heterocycles. The molecule has 0 bridgehead atoms. The van der Waals surface area contributed by atoms with Crippen LogP contribution in [0.5, 0.6) is 0 Å². The van der Waals surface area contributed by atoms with Crippen LogP contribution in [0, 0.1) is 17.1 Å². The molecule has 174 valence electrons. The van der Waals surface area contributed by atoms with Gasteiger partial charge in [0.1, 0.15) is 17.7 Å². The first-order chi connectivity index (χ1) is 17.1. The summed E-state index contributed by atoms with van der Waals surface area (Å²) < 4.78 is 15.8. The molecule has 0 unspecified atom stereocenters. The maximum atomic E-state index is 13.7. The molecule has 2 heterocycles. The van der Waals surface area contributed by atoms with Crippen LogP contribution < -0.4 is 5.32 Å². The Morgan fingerprint density at radius 2 is 1.91 bits per heavy atom. The number of anilines is 1. The van der Waals surface area contributed by atoms with E-state index in [-0.39, 0.29) is 18.0 Å². The third kappa shape index (κ3) is 3.92. The molecule has 6 nitrogen and oxygen atoms in total. The average molecular weight is 466 g/mol. The Labute approximate surface area is 201 Å². The lowest BCUT2D eigenvalue weighted by Gasteiger charge is -2.27. The molecule has 1 saturated carbocycles. The van der Waals surface area contributed by atoms with Gasteiger partial charge in [0.15, 0.2) is 0 Å². The van der Waals surface area contributed by atoms with Crippen molar-refractivity contribution in [2.45, 2.75) is 37.8 Å². The van der Waals surface area contributed by atoms with Gasteiger partial charge < -0.3 is 20.0 Å². The third-order valence-corrected chi connectivity index (χ3v) is 6.89. The summed E-state index contributed by atoms with van der Waals surface area (Å²) in [6.45, 7) is 0. The summed E-state index contributed by atoms with van der Waals surface area (Å²) in [7, 11) is 0. The van der Waals surface area contributed by atoms with Gasteiger partial charge in [-0.2, -0.15) is 5.26 Å². The Hall–Kier alpha value is -4.15. The molecule has 2 aromatic heterocycles. The van der Waals surface area contributed by atoms with Crippen LogP contribution in [0.25, 0.3) is 39.0 Å². The van der Waals surface area contributed by atoms with Crippen molar-refractivity contribution in [3.8, 4) is 23.1 Å². The van der Waals surface area contributed by atoms with Gasteiger partial charge in [-0.15, -0.1) is 0 Å². The second kappa shape index (κ2) is 8.57. The summed E-state index contributed by atoms with van der Waals surface area (Å²) in [6, 6.07) is 21.0. The van der Waals surface area contributed by atoms with E-state index in [1.54, 1.807) is 6.07 Å². The van der Waals surface area contributed by atoms with Crippen LogP contribution in [0.2, 0.25) is 0 Å².